The number of imidazole rings is 1. The van der Waals surface area contributed by atoms with Crippen molar-refractivity contribution in [2.45, 2.75) is 44.4 Å². The fourth-order valence-corrected chi connectivity index (χ4v) is 4.18. The van der Waals surface area contributed by atoms with Crippen molar-refractivity contribution in [3.63, 3.8) is 0 Å². The lowest BCUT2D eigenvalue weighted by atomic mass is 9.73. The van der Waals surface area contributed by atoms with Gasteiger partial charge in [-0.2, -0.15) is 0 Å². The Morgan fingerprint density at radius 3 is 2.67 bits per heavy atom. The molecule has 0 aliphatic heterocycles. The van der Waals surface area contributed by atoms with Crippen LogP contribution in [0.25, 0.3) is 10.9 Å². The minimum atomic E-state index is -0.183. The molecule has 2 heterocycles. The Labute approximate surface area is 141 Å². The molecule has 1 saturated carbocycles. The van der Waals surface area contributed by atoms with Gasteiger partial charge in [0.2, 0.25) is 0 Å². The number of benzene rings is 1. The summed E-state index contributed by atoms with van der Waals surface area (Å²) in [6.07, 6.45) is 10.2. The molecule has 1 aromatic carbocycles. The normalized spacial score (nSPS) is 22.6. The molecule has 4 heteroatoms. The van der Waals surface area contributed by atoms with Crippen molar-refractivity contribution >= 4 is 10.9 Å². The van der Waals surface area contributed by atoms with Crippen LogP contribution in [0.5, 0.6) is 0 Å². The van der Waals surface area contributed by atoms with E-state index in [2.05, 4.69) is 27.9 Å². The number of aromatic nitrogens is 3. The maximum Gasteiger partial charge on any atom is 0.123 e. The van der Waals surface area contributed by atoms with Gasteiger partial charge in [-0.15, -0.1) is 0 Å². The third-order valence-electron chi connectivity index (χ3n) is 5.61. The summed E-state index contributed by atoms with van der Waals surface area (Å²) >= 11 is 0. The highest BCUT2D eigenvalue weighted by Gasteiger charge is 2.28. The van der Waals surface area contributed by atoms with E-state index in [1.165, 1.54) is 24.5 Å². The first-order valence-electron chi connectivity index (χ1n) is 8.76. The molecule has 0 unspecified atom stereocenters. The van der Waals surface area contributed by atoms with Crippen LogP contribution in [0.2, 0.25) is 0 Å². The van der Waals surface area contributed by atoms with Crippen LogP contribution in [0.3, 0.4) is 0 Å². The molecule has 124 valence electrons. The van der Waals surface area contributed by atoms with Gasteiger partial charge in [0.1, 0.15) is 11.6 Å². The highest BCUT2D eigenvalue weighted by atomic mass is 19.1. The number of rotatable bonds is 3. The molecule has 2 aromatic heterocycles. The van der Waals surface area contributed by atoms with Crippen molar-refractivity contribution in [1.82, 2.24) is 15.0 Å². The smallest absolute Gasteiger partial charge is 0.123 e. The van der Waals surface area contributed by atoms with Gasteiger partial charge in [0.05, 0.1) is 5.52 Å². The highest BCUT2D eigenvalue weighted by molar-refractivity contribution is 5.82. The number of pyridine rings is 1. The molecular formula is C20H22FN3. The molecule has 1 atom stereocenters. The monoisotopic (exact) mass is 323 g/mol. The van der Waals surface area contributed by atoms with E-state index in [9.17, 15) is 4.39 Å². The fraction of sp³-hybridized carbons (Fsp3) is 0.400. The van der Waals surface area contributed by atoms with Crippen molar-refractivity contribution < 1.29 is 4.39 Å². The fourth-order valence-electron chi connectivity index (χ4n) is 4.18. The molecule has 0 radical (unpaired) electrons. The van der Waals surface area contributed by atoms with Crippen molar-refractivity contribution in [3.05, 3.63) is 60.1 Å². The van der Waals surface area contributed by atoms with Crippen LogP contribution < -0.4 is 0 Å². The van der Waals surface area contributed by atoms with E-state index in [1.807, 2.05) is 18.6 Å². The molecule has 0 amide bonds. The minimum Gasteiger partial charge on any atom is -0.348 e. The predicted molar refractivity (Wildman–Crippen MR) is 93.4 cm³/mol. The Kier molecular flexibility index (Phi) is 4.05. The Morgan fingerprint density at radius 2 is 1.92 bits per heavy atom. The minimum absolute atomic E-state index is 0.183. The van der Waals surface area contributed by atoms with Crippen molar-refractivity contribution in [2.75, 3.05) is 0 Å². The van der Waals surface area contributed by atoms with E-state index in [4.69, 9.17) is 0 Å². The van der Waals surface area contributed by atoms with Crippen LogP contribution in [-0.2, 0) is 0 Å². The first kappa shape index (κ1) is 15.3. The van der Waals surface area contributed by atoms with Gasteiger partial charge in [-0.25, -0.2) is 9.37 Å². The van der Waals surface area contributed by atoms with Crippen LogP contribution in [0.1, 0.15) is 55.8 Å². The van der Waals surface area contributed by atoms with Gasteiger partial charge in [-0.05, 0) is 67.3 Å². The molecule has 0 bridgehead atoms. The average molecular weight is 323 g/mol. The first-order chi connectivity index (χ1) is 11.7. The molecule has 3 aromatic rings. The second-order valence-corrected chi connectivity index (χ2v) is 6.94. The zero-order valence-electron chi connectivity index (χ0n) is 13.9. The molecule has 3 nitrogen and oxygen atoms in total. The Morgan fingerprint density at radius 1 is 1.08 bits per heavy atom. The zero-order valence-corrected chi connectivity index (χ0v) is 13.9. The summed E-state index contributed by atoms with van der Waals surface area (Å²) in [5.74, 6) is 2.54. The molecule has 24 heavy (non-hydrogen) atoms. The summed E-state index contributed by atoms with van der Waals surface area (Å²) < 4.78 is 13.7. The van der Waals surface area contributed by atoms with Crippen LogP contribution in [0.4, 0.5) is 4.39 Å². The summed E-state index contributed by atoms with van der Waals surface area (Å²) in [7, 11) is 0. The van der Waals surface area contributed by atoms with E-state index in [0.29, 0.717) is 17.8 Å². The number of aromatic amines is 1. The second-order valence-electron chi connectivity index (χ2n) is 6.94. The topological polar surface area (TPSA) is 41.6 Å². The predicted octanol–water partition coefficient (Wildman–Crippen LogP) is 5.17. The number of hydrogen-bond acceptors (Lipinski definition) is 2. The molecule has 1 aliphatic rings. The summed E-state index contributed by atoms with van der Waals surface area (Å²) in [5.41, 5.74) is 2.14. The number of hydrogen-bond donors (Lipinski definition) is 1. The highest BCUT2D eigenvalue weighted by Crippen LogP contribution is 2.42. The maximum absolute atomic E-state index is 13.7. The number of nitrogens with zero attached hydrogens (tertiary/aromatic N) is 2. The SMILES string of the molecule is C[C@H](c1ncc[nH]1)C1CCC(c2ccnc3ccc(F)cc23)CC1. The standard InChI is InChI=1S/C20H22FN3/c1-13(20-23-10-11-24-20)14-2-4-15(5-3-14)17-8-9-22-19-7-6-16(21)12-18(17)19/h6-15H,2-5H2,1H3,(H,23,24)/t13-,14?,15?/m0/s1. The number of halogens is 1. The van der Waals surface area contributed by atoms with Crippen molar-refractivity contribution in [3.8, 4) is 0 Å². The first-order valence-corrected chi connectivity index (χ1v) is 8.76. The van der Waals surface area contributed by atoms with Crippen LogP contribution >= 0.6 is 0 Å². The van der Waals surface area contributed by atoms with Gasteiger partial charge in [-0.1, -0.05) is 6.92 Å². The quantitative estimate of drug-likeness (QED) is 0.722. The second kappa shape index (κ2) is 6.34. The van der Waals surface area contributed by atoms with E-state index in [0.717, 1.165) is 29.6 Å². The lowest BCUT2D eigenvalue weighted by Crippen LogP contribution is -2.19. The van der Waals surface area contributed by atoms with E-state index < -0.39 is 0 Å². The zero-order chi connectivity index (χ0) is 16.5. The number of fused-ring (bicyclic) bond motifs is 1. The molecule has 4 rings (SSSR count). The lowest BCUT2D eigenvalue weighted by Gasteiger charge is -2.32. The molecule has 1 fully saturated rings. The Bertz CT molecular complexity index is 820. The summed E-state index contributed by atoms with van der Waals surface area (Å²) in [6, 6.07) is 6.97. The van der Waals surface area contributed by atoms with Gasteiger partial charge < -0.3 is 4.98 Å². The lowest BCUT2D eigenvalue weighted by molar-refractivity contribution is 0.286. The van der Waals surface area contributed by atoms with E-state index in [-0.39, 0.29) is 5.82 Å². The average Bonchev–Trinajstić information content (AvgIpc) is 3.15. The third-order valence-corrected chi connectivity index (χ3v) is 5.61. The summed E-state index contributed by atoms with van der Waals surface area (Å²) in [4.78, 5) is 12.0. The number of nitrogens with one attached hydrogen (secondary N) is 1. The molecule has 0 saturated heterocycles. The van der Waals surface area contributed by atoms with Crippen molar-refractivity contribution in [2.24, 2.45) is 5.92 Å². The summed E-state index contributed by atoms with van der Waals surface area (Å²) in [6.45, 7) is 2.26. The van der Waals surface area contributed by atoms with Gasteiger partial charge in [-0.3, -0.25) is 4.98 Å². The van der Waals surface area contributed by atoms with E-state index >= 15 is 0 Å². The van der Waals surface area contributed by atoms with Gasteiger partial charge in [0, 0.05) is 29.9 Å². The number of H-pyrrole nitrogens is 1. The van der Waals surface area contributed by atoms with Crippen LogP contribution in [0.15, 0.2) is 42.9 Å². The van der Waals surface area contributed by atoms with Crippen LogP contribution in [-0.4, -0.2) is 15.0 Å². The van der Waals surface area contributed by atoms with E-state index in [1.54, 1.807) is 12.1 Å². The molecule has 1 aliphatic carbocycles. The van der Waals surface area contributed by atoms with Gasteiger partial charge in [0.15, 0.2) is 0 Å². The van der Waals surface area contributed by atoms with Crippen LogP contribution in [0, 0.1) is 11.7 Å². The third kappa shape index (κ3) is 2.81. The van der Waals surface area contributed by atoms with Crippen molar-refractivity contribution in [1.29, 1.82) is 0 Å². The largest absolute Gasteiger partial charge is 0.348 e. The Balaban J connectivity index is 1.53. The molecule has 0 spiro atoms. The van der Waals surface area contributed by atoms with Gasteiger partial charge >= 0.3 is 0 Å². The molecular weight excluding hydrogens is 301 g/mol. The maximum atomic E-state index is 13.7. The molecule has 1 N–H and O–H groups in total. The van der Waals surface area contributed by atoms with Gasteiger partial charge in [0.25, 0.3) is 0 Å². The Hall–Kier alpha value is -2.23. The summed E-state index contributed by atoms with van der Waals surface area (Å²) in [5, 5.41) is 0.972.